The van der Waals surface area contributed by atoms with Crippen molar-refractivity contribution < 1.29 is 4.39 Å². The van der Waals surface area contributed by atoms with Gasteiger partial charge in [0.2, 0.25) is 0 Å². The van der Waals surface area contributed by atoms with Gasteiger partial charge in [-0.3, -0.25) is 9.39 Å². The van der Waals surface area contributed by atoms with Crippen LogP contribution in [0.3, 0.4) is 0 Å². The van der Waals surface area contributed by atoms with Crippen molar-refractivity contribution in [1.29, 1.82) is 0 Å². The molecule has 124 valence electrons. The molecule has 0 spiro atoms. The van der Waals surface area contributed by atoms with Crippen molar-refractivity contribution >= 4 is 23.2 Å². The SMILES string of the molecule is CN=C(NCc1ccc(F)c(Cl)c1)NCc1nnc2ccccn12. The zero-order chi connectivity index (χ0) is 16.9. The molecule has 0 aliphatic rings. The van der Waals surface area contributed by atoms with Crippen LogP contribution in [0.15, 0.2) is 47.6 Å². The molecule has 2 N–H and O–H groups in total. The van der Waals surface area contributed by atoms with E-state index < -0.39 is 5.82 Å². The summed E-state index contributed by atoms with van der Waals surface area (Å²) in [5.41, 5.74) is 1.65. The minimum Gasteiger partial charge on any atom is -0.352 e. The van der Waals surface area contributed by atoms with Crippen LogP contribution in [-0.4, -0.2) is 27.6 Å². The molecule has 0 unspecified atom stereocenters. The third kappa shape index (κ3) is 3.62. The third-order valence-corrected chi connectivity index (χ3v) is 3.76. The lowest BCUT2D eigenvalue weighted by atomic mass is 10.2. The second-order valence-electron chi connectivity index (χ2n) is 5.07. The van der Waals surface area contributed by atoms with Gasteiger partial charge in [-0.2, -0.15) is 0 Å². The van der Waals surface area contributed by atoms with Crippen molar-refractivity contribution in [2.24, 2.45) is 4.99 Å². The van der Waals surface area contributed by atoms with E-state index in [-0.39, 0.29) is 5.02 Å². The minimum atomic E-state index is -0.429. The quantitative estimate of drug-likeness (QED) is 0.562. The summed E-state index contributed by atoms with van der Waals surface area (Å²) in [4.78, 5) is 4.15. The average molecular weight is 347 g/mol. The van der Waals surface area contributed by atoms with E-state index in [1.165, 1.54) is 6.07 Å². The molecule has 0 saturated heterocycles. The molecular formula is C16H16ClFN6. The molecule has 0 fully saturated rings. The van der Waals surface area contributed by atoms with Crippen LogP contribution in [0.1, 0.15) is 11.4 Å². The van der Waals surface area contributed by atoms with Crippen molar-refractivity contribution in [3.8, 4) is 0 Å². The highest BCUT2D eigenvalue weighted by atomic mass is 35.5. The number of aromatic nitrogens is 3. The largest absolute Gasteiger partial charge is 0.352 e. The van der Waals surface area contributed by atoms with Gasteiger partial charge in [-0.15, -0.1) is 10.2 Å². The number of hydrogen-bond donors (Lipinski definition) is 2. The summed E-state index contributed by atoms with van der Waals surface area (Å²) in [6.07, 6.45) is 1.91. The molecular weight excluding hydrogens is 331 g/mol. The number of pyridine rings is 1. The van der Waals surface area contributed by atoms with Crippen molar-refractivity contribution in [3.05, 3.63) is 64.8 Å². The highest BCUT2D eigenvalue weighted by Gasteiger charge is 2.06. The maximum atomic E-state index is 13.2. The Morgan fingerprint density at radius 2 is 2.04 bits per heavy atom. The molecule has 24 heavy (non-hydrogen) atoms. The number of aliphatic imine (C=N–C) groups is 1. The molecule has 3 aromatic rings. The van der Waals surface area contributed by atoms with Gasteiger partial charge in [0.1, 0.15) is 5.82 Å². The van der Waals surface area contributed by atoms with E-state index in [0.29, 0.717) is 19.0 Å². The molecule has 2 heterocycles. The Morgan fingerprint density at radius 3 is 2.83 bits per heavy atom. The number of benzene rings is 1. The average Bonchev–Trinajstić information content (AvgIpc) is 3.01. The van der Waals surface area contributed by atoms with Crippen molar-refractivity contribution in [1.82, 2.24) is 25.2 Å². The van der Waals surface area contributed by atoms with Gasteiger partial charge in [-0.1, -0.05) is 23.7 Å². The normalized spacial score (nSPS) is 11.7. The fourth-order valence-corrected chi connectivity index (χ4v) is 2.43. The summed E-state index contributed by atoms with van der Waals surface area (Å²) in [5, 5.41) is 14.7. The Balaban J connectivity index is 1.60. The van der Waals surface area contributed by atoms with Gasteiger partial charge in [0.25, 0.3) is 0 Å². The molecule has 0 radical (unpaired) electrons. The molecule has 8 heteroatoms. The highest BCUT2D eigenvalue weighted by molar-refractivity contribution is 6.30. The lowest BCUT2D eigenvalue weighted by Gasteiger charge is -2.11. The number of fused-ring (bicyclic) bond motifs is 1. The fourth-order valence-electron chi connectivity index (χ4n) is 2.23. The van der Waals surface area contributed by atoms with E-state index in [1.807, 2.05) is 28.8 Å². The number of guanidine groups is 1. The highest BCUT2D eigenvalue weighted by Crippen LogP contribution is 2.15. The second kappa shape index (κ2) is 7.27. The van der Waals surface area contributed by atoms with Gasteiger partial charge in [0, 0.05) is 19.8 Å². The molecule has 3 rings (SSSR count). The zero-order valence-electron chi connectivity index (χ0n) is 13.0. The predicted molar refractivity (Wildman–Crippen MR) is 91.4 cm³/mol. The lowest BCUT2D eigenvalue weighted by molar-refractivity contribution is 0.627. The molecule has 0 atom stereocenters. The standard InChI is InChI=1S/C16H16ClFN6/c1-19-16(20-9-11-5-6-13(18)12(17)8-11)21-10-15-23-22-14-4-2-3-7-24(14)15/h2-8H,9-10H2,1H3,(H2,19,20,21). The second-order valence-corrected chi connectivity index (χ2v) is 5.48. The first-order chi connectivity index (χ1) is 11.7. The topological polar surface area (TPSA) is 66.6 Å². The fraction of sp³-hybridized carbons (Fsp3) is 0.188. The Kier molecular flexibility index (Phi) is 4.90. The summed E-state index contributed by atoms with van der Waals surface area (Å²) < 4.78 is 15.1. The van der Waals surface area contributed by atoms with Crippen LogP contribution in [0.25, 0.3) is 5.65 Å². The van der Waals surface area contributed by atoms with Crippen LogP contribution >= 0.6 is 11.6 Å². The third-order valence-electron chi connectivity index (χ3n) is 3.47. The molecule has 0 bridgehead atoms. The Bertz CT molecular complexity index is 876. The first kappa shape index (κ1) is 16.2. The monoisotopic (exact) mass is 346 g/mol. The van der Waals surface area contributed by atoms with Crippen molar-refractivity contribution in [2.75, 3.05) is 7.05 Å². The summed E-state index contributed by atoms with van der Waals surface area (Å²) in [7, 11) is 1.68. The number of halogens is 2. The molecule has 1 aromatic carbocycles. The predicted octanol–water partition coefficient (Wildman–Crippen LogP) is 2.39. The van der Waals surface area contributed by atoms with E-state index in [4.69, 9.17) is 11.6 Å². The maximum Gasteiger partial charge on any atom is 0.191 e. The lowest BCUT2D eigenvalue weighted by Crippen LogP contribution is -2.36. The molecule has 0 saturated carbocycles. The summed E-state index contributed by atoms with van der Waals surface area (Å²) in [6.45, 7) is 0.940. The van der Waals surface area contributed by atoms with E-state index in [9.17, 15) is 4.39 Å². The van der Waals surface area contributed by atoms with Gasteiger partial charge >= 0.3 is 0 Å². The minimum absolute atomic E-state index is 0.104. The van der Waals surface area contributed by atoms with Crippen LogP contribution < -0.4 is 10.6 Å². The summed E-state index contributed by atoms with van der Waals surface area (Å²) >= 11 is 5.78. The van der Waals surface area contributed by atoms with Crippen LogP contribution in [0, 0.1) is 5.82 Å². The number of nitrogens with zero attached hydrogens (tertiary/aromatic N) is 4. The van der Waals surface area contributed by atoms with E-state index in [1.54, 1.807) is 19.2 Å². The Morgan fingerprint density at radius 1 is 1.21 bits per heavy atom. The van der Waals surface area contributed by atoms with Crippen LogP contribution in [0.2, 0.25) is 5.02 Å². The molecule has 0 amide bonds. The zero-order valence-corrected chi connectivity index (χ0v) is 13.8. The number of nitrogens with one attached hydrogen (secondary N) is 2. The van der Waals surface area contributed by atoms with Crippen LogP contribution in [0.4, 0.5) is 4.39 Å². The Labute approximate surface area is 143 Å². The Hall–Kier alpha value is -2.67. The first-order valence-corrected chi connectivity index (χ1v) is 7.72. The van der Waals surface area contributed by atoms with Crippen LogP contribution in [-0.2, 0) is 13.1 Å². The van der Waals surface area contributed by atoms with E-state index in [2.05, 4.69) is 25.8 Å². The van der Waals surface area contributed by atoms with Crippen LogP contribution in [0.5, 0.6) is 0 Å². The molecule has 6 nitrogen and oxygen atoms in total. The summed E-state index contributed by atoms with van der Waals surface area (Å²) in [6, 6.07) is 10.3. The first-order valence-electron chi connectivity index (χ1n) is 7.34. The number of hydrogen-bond acceptors (Lipinski definition) is 3. The molecule has 2 aromatic heterocycles. The van der Waals surface area contributed by atoms with Crippen molar-refractivity contribution in [3.63, 3.8) is 0 Å². The van der Waals surface area contributed by atoms with Gasteiger partial charge < -0.3 is 10.6 Å². The molecule has 0 aliphatic carbocycles. The van der Waals surface area contributed by atoms with E-state index >= 15 is 0 Å². The van der Waals surface area contributed by atoms with Gasteiger partial charge in [0.05, 0.1) is 11.6 Å². The van der Waals surface area contributed by atoms with E-state index in [0.717, 1.165) is 17.0 Å². The van der Waals surface area contributed by atoms with Gasteiger partial charge in [-0.25, -0.2) is 4.39 Å². The maximum absolute atomic E-state index is 13.2. The van der Waals surface area contributed by atoms with Crippen molar-refractivity contribution in [2.45, 2.75) is 13.1 Å². The van der Waals surface area contributed by atoms with Gasteiger partial charge in [0.15, 0.2) is 17.4 Å². The van der Waals surface area contributed by atoms with Gasteiger partial charge in [-0.05, 0) is 29.8 Å². The molecule has 0 aliphatic heterocycles. The smallest absolute Gasteiger partial charge is 0.191 e. The summed E-state index contributed by atoms with van der Waals surface area (Å²) in [5.74, 6) is 0.947. The number of rotatable bonds is 4.